The fourth-order valence-electron chi connectivity index (χ4n) is 3.14. The Morgan fingerprint density at radius 2 is 1.81 bits per heavy atom. The molecule has 0 unspecified atom stereocenters. The van der Waals surface area contributed by atoms with E-state index in [0.717, 1.165) is 5.56 Å². The number of sulfonamides is 1. The van der Waals surface area contributed by atoms with Gasteiger partial charge in [-0.05, 0) is 53.4 Å². The van der Waals surface area contributed by atoms with Crippen LogP contribution in [0.15, 0.2) is 65.7 Å². The molecule has 2 aromatic heterocycles. The Bertz CT molecular complexity index is 1410. The molecule has 0 saturated carbocycles. The molecule has 1 N–H and O–H groups in total. The van der Waals surface area contributed by atoms with Crippen LogP contribution in [0.5, 0.6) is 0 Å². The Kier molecular flexibility index (Phi) is 4.95. The van der Waals surface area contributed by atoms with Crippen molar-refractivity contribution in [3.8, 4) is 11.8 Å². The first-order chi connectivity index (χ1) is 14.7. The summed E-state index contributed by atoms with van der Waals surface area (Å²) < 4.78 is 30.2. The number of hydrogen-bond donors (Lipinski definition) is 1. The van der Waals surface area contributed by atoms with Crippen molar-refractivity contribution < 1.29 is 8.42 Å². The van der Waals surface area contributed by atoms with E-state index in [0.29, 0.717) is 22.4 Å². The minimum Gasteiger partial charge on any atom is -0.277 e. The van der Waals surface area contributed by atoms with Gasteiger partial charge in [-0.15, -0.1) is 5.10 Å². The maximum atomic E-state index is 13.1. The summed E-state index contributed by atoms with van der Waals surface area (Å²) >= 11 is 0. The lowest BCUT2D eigenvalue weighted by atomic mass is 9.87. The van der Waals surface area contributed by atoms with E-state index in [1.165, 1.54) is 4.68 Å². The van der Waals surface area contributed by atoms with Crippen molar-refractivity contribution in [2.45, 2.75) is 31.1 Å². The van der Waals surface area contributed by atoms with Gasteiger partial charge in [-0.1, -0.05) is 38.1 Å². The molecule has 0 fully saturated rings. The zero-order valence-corrected chi connectivity index (χ0v) is 18.1. The Labute approximate surface area is 180 Å². The number of aromatic nitrogens is 4. The molecule has 8 nitrogen and oxygen atoms in total. The molecule has 0 aliphatic rings. The molecular formula is C22H20N6O2S. The van der Waals surface area contributed by atoms with Gasteiger partial charge in [-0.3, -0.25) is 4.72 Å². The first kappa shape index (κ1) is 20.5. The molecule has 4 aromatic rings. The van der Waals surface area contributed by atoms with E-state index < -0.39 is 10.0 Å². The van der Waals surface area contributed by atoms with Gasteiger partial charge in [0.05, 0.1) is 27.9 Å². The van der Waals surface area contributed by atoms with Gasteiger partial charge in [0, 0.05) is 6.20 Å². The van der Waals surface area contributed by atoms with Gasteiger partial charge in [0.25, 0.3) is 10.0 Å². The monoisotopic (exact) mass is 432 g/mol. The number of fused-ring (bicyclic) bond motifs is 1. The lowest BCUT2D eigenvalue weighted by molar-refractivity contribution is 0.587. The number of anilines is 1. The smallest absolute Gasteiger partial charge is 0.261 e. The fraction of sp³-hybridized carbons (Fsp3) is 0.182. The first-order valence-corrected chi connectivity index (χ1v) is 11.0. The van der Waals surface area contributed by atoms with Crippen LogP contribution in [0.4, 0.5) is 5.69 Å². The third-order valence-electron chi connectivity index (χ3n) is 4.85. The molecule has 0 saturated heterocycles. The highest BCUT2D eigenvalue weighted by atomic mass is 32.2. The third-order valence-corrected chi connectivity index (χ3v) is 6.23. The molecule has 156 valence electrons. The van der Waals surface area contributed by atoms with Gasteiger partial charge in [0.2, 0.25) is 5.65 Å². The van der Waals surface area contributed by atoms with E-state index in [1.54, 1.807) is 48.7 Å². The van der Waals surface area contributed by atoms with Crippen LogP contribution in [0.1, 0.15) is 31.9 Å². The topological polar surface area (TPSA) is 114 Å². The van der Waals surface area contributed by atoms with E-state index in [2.05, 4.69) is 46.9 Å². The van der Waals surface area contributed by atoms with Crippen LogP contribution in [-0.4, -0.2) is 28.4 Å². The van der Waals surface area contributed by atoms with Crippen LogP contribution in [0.25, 0.3) is 16.9 Å². The number of nitriles is 1. The second kappa shape index (κ2) is 7.49. The maximum Gasteiger partial charge on any atom is 0.261 e. The molecule has 2 heterocycles. The summed E-state index contributed by atoms with van der Waals surface area (Å²) in [5, 5.41) is 17.4. The maximum absolute atomic E-state index is 13.1. The predicted molar refractivity (Wildman–Crippen MR) is 117 cm³/mol. The van der Waals surface area contributed by atoms with Gasteiger partial charge in [0.15, 0.2) is 0 Å². The Hall–Kier alpha value is -3.77. The van der Waals surface area contributed by atoms with Crippen LogP contribution in [-0.2, 0) is 15.4 Å². The molecule has 0 atom stereocenters. The molecule has 0 spiro atoms. The van der Waals surface area contributed by atoms with Crippen LogP contribution >= 0.6 is 0 Å². The summed E-state index contributed by atoms with van der Waals surface area (Å²) in [5.41, 5.74) is 2.97. The van der Waals surface area contributed by atoms with Crippen molar-refractivity contribution in [2.75, 3.05) is 4.72 Å². The SMILES string of the molecule is CC(C)(C)c1ccc(S(=O)(=O)Nc2ccc(C#N)cc2-n2nnc3ncccc32)cc1. The van der Waals surface area contributed by atoms with Crippen molar-refractivity contribution in [1.29, 1.82) is 5.26 Å². The summed E-state index contributed by atoms with van der Waals surface area (Å²) in [7, 11) is -3.87. The number of pyridine rings is 1. The van der Waals surface area contributed by atoms with Gasteiger partial charge < -0.3 is 0 Å². The summed E-state index contributed by atoms with van der Waals surface area (Å²) in [6.07, 6.45) is 1.60. The number of nitrogens with one attached hydrogen (secondary N) is 1. The van der Waals surface area contributed by atoms with Gasteiger partial charge in [0.1, 0.15) is 5.52 Å². The normalized spacial score (nSPS) is 11.9. The molecule has 0 radical (unpaired) electrons. The third kappa shape index (κ3) is 3.98. The molecule has 0 bridgehead atoms. The number of benzene rings is 2. The summed E-state index contributed by atoms with van der Waals surface area (Å²) in [4.78, 5) is 4.29. The van der Waals surface area contributed by atoms with E-state index in [9.17, 15) is 13.7 Å². The number of hydrogen-bond acceptors (Lipinski definition) is 6. The molecule has 0 aliphatic carbocycles. The Morgan fingerprint density at radius 1 is 1.06 bits per heavy atom. The predicted octanol–water partition coefficient (Wildman–Crippen LogP) is 3.79. The highest BCUT2D eigenvalue weighted by molar-refractivity contribution is 7.92. The largest absolute Gasteiger partial charge is 0.277 e. The van der Waals surface area contributed by atoms with Crippen LogP contribution < -0.4 is 4.72 Å². The van der Waals surface area contributed by atoms with Crippen molar-refractivity contribution in [1.82, 2.24) is 20.0 Å². The molecule has 4 rings (SSSR count). The van der Waals surface area contributed by atoms with E-state index in [4.69, 9.17) is 0 Å². The second-order valence-electron chi connectivity index (χ2n) is 8.07. The summed E-state index contributed by atoms with van der Waals surface area (Å²) in [6.45, 7) is 6.19. The van der Waals surface area contributed by atoms with Gasteiger partial charge in [-0.2, -0.15) is 5.26 Å². The van der Waals surface area contributed by atoms with Crippen molar-refractivity contribution >= 4 is 26.9 Å². The average Bonchev–Trinajstić information content (AvgIpc) is 3.17. The average molecular weight is 433 g/mol. The molecule has 2 aromatic carbocycles. The van der Waals surface area contributed by atoms with Crippen LogP contribution in [0, 0.1) is 11.3 Å². The quantitative estimate of drug-likeness (QED) is 0.525. The molecule has 31 heavy (non-hydrogen) atoms. The van der Waals surface area contributed by atoms with Gasteiger partial charge in [-0.25, -0.2) is 18.1 Å². The molecular weight excluding hydrogens is 412 g/mol. The minimum atomic E-state index is -3.87. The lowest BCUT2D eigenvalue weighted by Gasteiger charge is -2.19. The van der Waals surface area contributed by atoms with E-state index in [-0.39, 0.29) is 16.0 Å². The summed E-state index contributed by atoms with van der Waals surface area (Å²) in [6, 6.07) is 17.0. The zero-order chi connectivity index (χ0) is 22.2. The van der Waals surface area contributed by atoms with Crippen molar-refractivity contribution in [3.63, 3.8) is 0 Å². The first-order valence-electron chi connectivity index (χ1n) is 9.53. The Morgan fingerprint density at radius 3 is 2.48 bits per heavy atom. The van der Waals surface area contributed by atoms with Gasteiger partial charge >= 0.3 is 0 Å². The summed E-state index contributed by atoms with van der Waals surface area (Å²) in [5.74, 6) is 0. The molecule has 0 aliphatic heterocycles. The molecule has 9 heteroatoms. The second-order valence-corrected chi connectivity index (χ2v) is 9.75. The van der Waals surface area contributed by atoms with E-state index in [1.807, 2.05) is 12.1 Å². The van der Waals surface area contributed by atoms with Crippen molar-refractivity contribution in [2.24, 2.45) is 0 Å². The highest BCUT2D eigenvalue weighted by Crippen LogP contribution is 2.28. The van der Waals surface area contributed by atoms with E-state index >= 15 is 0 Å². The number of rotatable bonds is 4. The minimum absolute atomic E-state index is 0.0851. The highest BCUT2D eigenvalue weighted by Gasteiger charge is 2.20. The van der Waals surface area contributed by atoms with Crippen LogP contribution in [0.2, 0.25) is 0 Å². The lowest BCUT2D eigenvalue weighted by Crippen LogP contribution is -2.16. The standard InChI is InChI=1S/C22H20N6O2S/c1-22(2,3)16-7-9-17(10-8-16)31(29,30)26-18-11-6-15(14-23)13-20(18)28-19-5-4-12-24-21(19)25-27-28/h4-13,26H,1-3H3. The van der Waals surface area contributed by atoms with Crippen LogP contribution in [0.3, 0.4) is 0 Å². The van der Waals surface area contributed by atoms with Crippen molar-refractivity contribution in [3.05, 3.63) is 71.9 Å². The number of nitrogens with zero attached hydrogens (tertiary/aromatic N) is 5. The Balaban J connectivity index is 1.78. The molecule has 0 amide bonds. The fourth-order valence-corrected chi connectivity index (χ4v) is 4.22. The zero-order valence-electron chi connectivity index (χ0n) is 17.2.